The Kier molecular flexibility index (Phi) is 6.29. The van der Waals surface area contributed by atoms with Gasteiger partial charge in [-0.05, 0) is 17.7 Å². The highest BCUT2D eigenvalue weighted by Gasteiger charge is 2.04. The zero-order valence-corrected chi connectivity index (χ0v) is 11.7. The molecule has 104 valence electrons. The number of methoxy groups -OCH3 is 2. The van der Waals surface area contributed by atoms with Gasteiger partial charge in [0.2, 0.25) is 0 Å². The summed E-state index contributed by atoms with van der Waals surface area (Å²) in [6, 6.07) is 5.80. The third kappa shape index (κ3) is 4.54. The highest BCUT2D eigenvalue weighted by molar-refractivity contribution is 5.79. The Morgan fingerprint density at radius 3 is 2.58 bits per heavy atom. The minimum atomic E-state index is 0.650. The lowest BCUT2D eigenvalue weighted by Gasteiger charge is -2.12. The molecule has 0 aliphatic carbocycles. The van der Waals surface area contributed by atoms with Crippen molar-refractivity contribution in [3.8, 4) is 11.5 Å². The van der Waals surface area contributed by atoms with E-state index in [1.165, 1.54) is 0 Å². The van der Waals surface area contributed by atoms with Gasteiger partial charge in [-0.2, -0.15) is 0 Å². The zero-order valence-electron chi connectivity index (χ0n) is 11.7. The maximum Gasteiger partial charge on any atom is 0.191 e. The second-order valence-electron chi connectivity index (χ2n) is 3.78. The lowest BCUT2D eigenvalue weighted by molar-refractivity contribution is 0.354. The fourth-order valence-corrected chi connectivity index (χ4v) is 1.57. The van der Waals surface area contributed by atoms with E-state index >= 15 is 0 Å². The van der Waals surface area contributed by atoms with Gasteiger partial charge in [0.25, 0.3) is 0 Å². The number of rotatable bonds is 6. The first-order valence-electron chi connectivity index (χ1n) is 6.01. The molecule has 5 heteroatoms. The molecule has 0 saturated heterocycles. The average Bonchev–Trinajstić information content (AvgIpc) is 2.47. The van der Waals surface area contributed by atoms with Crippen molar-refractivity contribution in [2.24, 2.45) is 4.99 Å². The Morgan fingerprint density at radius 2 is 2.00 bits per heavy atom. The molecular weight excluding hydrogens is 242 g/mol. The highest BCUT2D eigenvalue weighted by atomic mass is 16.5. The molecule has 0 fully saturated rings. The van der Waals surface area contributed by atoms with E-state index in [1.807, 2.05) is 18.2 Å². The molecule has 0 aromatic heterocycles. The SMILES string of the molecule is C=CCNC(=NC)NCc1ccc(OC)c(OC)c1. The number of guanidine groups is 1. The van der Waals surface area contributed by atoms with Crippen LogP contribution in [0.3, 0.4) is 0 Å². The summed E-state index contributed by atoms with van der Waals surface area (Å²) in [5.74, 6) is 2.17. The molecule has 19 heavy (non-hydrogen) atoms. The molecule has 0 unspecified atom stereocenters. The summed E-state index contributed by atoms with van der Waals surface area (Å²) in [4.78, 5) is 4.11. The molecule has 0 heterocycles. The first kappa shape index (κ1) is 14.9. The molecule has 1 aromatic carbocycles. The molecule has 0 aliphatic heterocycles. The van der Waals surface area contributed by atoms with Crippen LogP contribution in [0.5, 0.6) is 11.5 Å². The summed E-state index contributed by atoms with van der Waals surface area (Å²) < 4.78 is 10.5. The zero-order chi connectivity index (χ0) is 14.1. The van der Waals surface area contributed by atoms with Crippen molar-refractivity contribution in [3.63, 3.8) is 0 Å². The standard InChI is InChI=1S/C14H21N3O2/c1-5-8-16-14(15-2)17-10-11-6-7-12(18-3)13(9-11)19-4/h5-7,9H,1,8,10H2,2-4H3,(H2,15,16,17). The van der Waals surface area contributed by atoms with Crippen LogP contribution in [0.4, 0.5) is 0 Å². The summed E-state index contributed by atoms with van der Waals surface area (Å²) in [5.41, 5.74) is 1.08. The number of nitrogens with one attached hydrogen (secondary N) is 2. The van der Waals surface area contributed by atoms with Crippen molar-refractivity contribution in [3.05, 3.63) is 36.4 Å². The number of ether oxygens (including phenoxy) is 2. The van der Waals surface area contributed by atoms with Crippen LogP contribution in [-0.4, -0.2) is 33.8 Å². The summed E-state index contributed by atoms with van der Waals surface area (Å²) in [6.45, 7) is 4.97. The van der Waals surface area contributed by atoms with E-state index in [9.17, 15) is 0 Å². The first-order valence-corrected chi connectivity index (χ1v) is 6.01. The predicted octanol–water partition coefficient (Wildman–Crippen LogP) is 1.55. The molecule has 1 aromatic rings. The van der Waals surface area contributed by atoms with Gasteiger partial charge in [0.1, 0.15) is 0 Å². The number of nitrogens with zero attached hydrogens (tertiary/aromatic N) is 1. The third-order valence-electron chi connectivity index (χ3n) is 2.55. The summed E-state index contributed by atoms with van der Waals surface area (Å²) >= 11 is 0. The van der Waals surface area contributed by atoms with E-state index < -0.39 is 0 Å². The average molecular weight is 263 g/mol. The molecule has 1 rings (SSSR count). The Labute approximate surface area is 114 Å². The fourth-order valence-electron chi connectivity index (χ4n) is 1.57. The van der Waals surface area contributed by atoms with Crippen molar-refractivity contribution >= 4 is 5.96 Å². The summed E-state index contributed by atoms with van der Waals surface area (Å²) in [7, 11) is 4.98. The van der Waals surface area contributed by atoms with Gasteiger partial charge in [-0.15, -0.1) is 6.58 Å². The lowest BCUT2D eigenvalue weighted by Crippen LogP contribution is -2.36. The van der Waals surface area contributed by atoms with E-state index in [4.69, 9.17) is 9.47 Å². The fraction of sp³-hybridized carbons (Fsp3) is 0.357. The highest BCUT2D eigenvalue weighted by Crippen LogP contribution is 2.27. The van der Waals surface area contributed by atoms with Crippen molar-refractivity contribution in [1.29, 1.82) is 0 Å². The second-order valence-corrected chi connectivity index (χ2v) is 3.78. The van der Waals surface area contributed by atoms with Crippen LogP contribution in [0.2, 0.25) is 0 Å². The van der Waals surface area contributed by atoms with Crippen LogP contribution >= 0.6 is 0 Å². The van der Waals surface area contributed by atoms with E-state index in [0.717, 1.165) is 23.0 Å². The molecular formula is C14H21N3O2. The molecule has 0 spiro atoms. The number of aliphatic imine (C=N–C) groups is 1. The van der Waals surface area contributed by atoms with E-state index in [2.05, 4.69) is 22.2 Å². The van der Waals surface area contributed by atoms with Gasteiger partial charge in [-0.3, -0.25) is 4.99 Å². The van der Waals surface area contributed by atoms with Crippen molar-refractivity contribution in [1.82, 2.24) is 10.6 Å². The summed E-state index contributed by atoms with van der Waals surface area (Å²) in [6.07, 6.45) is 1.78. The quantitative estimate of drug-likeness (QED) is 0.464. The Hall–Kier alpha value is -2.17. The Bertz CT molecular complexity index is 444. The van der Waals surface area contributed by atoms with Gasteiger partial charge in [-0.1, -0.05) is 12.1 Å². The van der Waals surface area contributed by atoms with E-state index in [-0.39, 0.29) is 0 Å². The van der Waals surface area contributed by atoms with Crippen LogP contribution in [0.15, 0.2) is 35.8 Å². The first-order chi connectivity index (χ1) is 9.24. The van der Waals surface area contributed by atoms with Crippen molar-refractivity contribution in [2.75, 3.05) is 27.8 Å². The third-order valence-corrected chi connectivity index (χ3v) is 2.55. The number of benzene rings is 1. The molecule has 0 amide bonds. The molecule has 0 aliphatic rings. The van der Waals surface area contributed by atoms with Crippen LogP contribution in [0.1, 0.15) is 5.56 Å². The maximum atomic E-state index is 5.26. The van der Waals surface area contributed by atoms with E-state index in [1.54, 1.807) is 27.3 Å². The minimum Gasteiger partial charge on any atom is -0.493 e. The smallest absolute Gasteiger partial charge is 0.191 e. The minimum absolute atomic E-state index is 0.650. The van der Waals surface area contributed by atoms with Crippen LogP contribution in [-0.2, 0) is 6.54 Å². The molecule has 0 radical (unpaired) electrons. The van der Waals surface area contributed by atoms with Gasteiger partial charge in [0, 0.05) is 20.1 Å². The number of hydrogen-bond donors (Lipinski definition) is 2. The molecule has 5 nitrogen and oxygen atoms in total. The molecule has 0 atom stereocenters. The van der Waals surface area contributed by atoms with E-state index in [0.29, 0.717) is 13.1 Å². The normalized spacial score (nSPS) is 10.8. The Balaban J connectivity index is 2.64. The Morgan fingerprint density at radius 1 is 1.26 bits per heavy atom. The van der Waals surface area contributed by atoms with Crippen LogP contribution in [0, 0.1) is 0 Å². The van der Waals surface area contributed by atoms with Gasteiger partial charge in [-0.25, -0.2) is 0 Å². The van der Waals surface area contributed by atoms with Crippen LogP contribution < -0.4 is 20.1 Å². The molecule has 2 N–H and O–H groups in total. The number of hydrogen-bond acceptors (Lipinski definition) is 3. The maximum absolute atomic E-state index is 5.26. The van der Waals surface area contributed by atoms with Gasteiger partial charge in [0.15, 0.2) is 17.5 Å². The molecule has 0 bridgehead atoms. The largest absolute Gasteiger partial charge is 0.493 e. The lowest BCUT2D eigenvalue weighted by atomic mass is 10.2. The van der Waals surface area contributed by atoms with Gasteiger partial charge < -0.3 is 20.1 Å². The van der Waals surface area contributed by atoms with Crippen molar-refractivity contribution < 1.29 is 9.47 Å². The topological polar surface area (TPSA) is 54.9 Å². The molecule has 0 saturated carbocycles. The predicted molar refractivity (Wildman–Crippen MR) is 77.9 cm³/mol. The second kappa shape index (κ2) is 8.02. The van der Waals surface area contributed by atoms with Crippen LogP contribution in [0.25, 0.3) is 0 Å². The van der Waals surface area contributed by atoms with Crippen molar-refractivity contribution in [2.45, 2.75) is 6.54 Å². The monoisotopic (exact) mass is 263 g/mol. The van der Waals surface area contributed by atoms with Gasteiger partial charge >= 0.3 is 0 Å². The van der Waals surface area contributed by atoms with Gasteiger partial charge in [0.05, 0.1) is 14.2 Å². The summed E-state index contributed by atoms with van der Waals surface area (Å²) in [5, 5.41) is 6.31.